The summed E-state index contributed by atoms with van der Waals surface area (Å²) in [5, 5.41) is 37.8. The molecule has 4 N–H and O–H groups in total. The van der Waals surface area contributed by atoms with Crippen LogP contribution in [0.1, 0.15) is 125 Å². The van der Waals surface area contributed by atoms with E-state index in [0.29, 0.717) is 13.1 Å². The van der Waals surface area contributed by atoms with E-state index in [1.165, 1.54) is 12.8 Å². The van der Waals surface area contributed by atoms with Gasteiger partial charge < -0.3 is 59.0 Å². The molecule has 2 aliphatic carbocycles. The number of thiazole rings is 3. The number of fused-ring (bicyclic) bond motifs is 2. The molecule has 2 aromatic carbocycles. The first-order valence-corrected chi connectivity index (χ1v) is 34.6. The molecule has 13 rings (SSSR count). The second-order valence-electron chi connectivity index (χ2n) is 23.2. The van der Waals surface area contributed by atoms with Crippen molar-refractivity contribution in [2.45, 2.75) is 185 Å². The maximum atomic E-state index is 12.3. The van der Waals surface area contributed by atoms with Gasteiger partial charge in [-0.1, -0.05) is 6.07 Å². The molecule has 5 aromatic rings. The summed E-state index contributed by atoms with van der Waals surface area (Å²) >= 11 is 24.5. The number of β-amino-alcohol motifs (C(OH)–C–C–N with tert-alkyl or cyclic N) is 3. The van der Waals surface area contributed by atoms with Crippen molar-refractivity contribution >= 4 is 163 Å². The molecular formula is C58H79BBr3Cl3N8O9S3. The number of carbonyl (C=O) groups excluding carboxylic acids is 2. The third-order valence-corrected chi connectivity index (χ3v) is 20.7. The van der Waals surface area contributed by atoms with Crippen LogP contribution < -0.4 is 39.9 Å². The lowest BCUT2D eigenvalue weighted by molar-refractivity contribution is -0.117. The predicted octanol–water partition coefficient (Wildman–Crippen LogP) is 12.2. The van der Waals surface area contributed by atoms with E-state index in [9.17, 15) is 14.7 Å². The number of aromatic nitrogens is 3. The van der Waals surface area contributed by atoms with Crippen molar-refractivity contribution in [3.8, 4) is 22.8 Å². The van der Waals surface area contributed by atoms with Crippen molar-refractivity contribution in [2.75, 3.05) is 58.9 Å². The molecule has 0 radical (unpaired) electrons. The molecule has 2 amide bonds. The molecule has 6 aliphatic heterocycles. The van der Waals surface area contributed by atoms with Gasteiger partial charge in [0.25, 0.3) is 0 Å². The summed E-state index contributed by atoms with van der Waals surface area (Å²) < 4.78 is 28.3. The number of aliphatic hydroxyl groups excluding tert-OH is 3. The molecule has 4 saturated heterocycles. The van der Waals surface area contributed by atoms with E-state index in [1.807, 2.05) is 32.7 Å². The standard InChI is InChI=1S/C22H32BNO4.C22H27N3O3S.C6H7BrN2OS.C3HBr2NS.C3H7NO.C2H4Cl2.ClH/c1-14-10-11-17-19(24(14)15(2)25)13-12-18(20(17)26-16-8-7-9-16)23-27-21(3,4)22(5,6)28-23;1-13-6-7-18-20(25(13)14(2)26)9-8-17(21(18)28-16-4-3-5-16)19-12-29-22(23-19)24-10-15(27)11-24;7-5-3-11-6(8-5)9-1-4(10)2-9;4-2-1-7-3(5)6-2;5-3-1-4-2-3;1-2(3)4;/h12-14,16H,7-11H2,1-6H3;8-9,12-13,15-16,27H,3-7,10-11H2,1-2H3;3-4,10H,1-2H2;1H;3-5H,1-2H2;2H,1H3;1H/t14-;13-;;;;;/m00...../s1. The third kappa shape index (κ3) is 18.0. The number of alkyl halides is 2. The minimum absolute atomic E-state index is 0. The molecular weight excluding hydrogens is 1410 g/mol. The van der Waals surface area contributed by atoms with Gasteiger partial charge in [0.05, 0.1) is 58.8 Å². The first kappa shape index (κ1) is 70.1. The Hall–Kier alpha value is -2.40. The van der Waals surface area contributed by atoms with Crippen LogP contribution in [0.5, 0.6) is 11.5 Å². The fraction of sp³-hybridized carbons (Fsp3) is 0.603. The number of nitrogens with zero attached hydrogens (tertiary/aromatic N) is 7. The average Bonchev–Trinajstić information content (AvgIpc) is 2.50. The summed E-state index contributed by atoms with van der Waals surface area (Å²) in [6, 6.07) is 8.59. The molecule has 27 heteroatoms. The number of carbonyl (C=O) groups is 2. The van der Waals surface area contributed by atoms with Crippen LogP contribution in [0.15, 0.2) is 53.5 Å². The molecule has 2 atom stereocenters. The van der Waals surface area contributed by atoms with E-state index >= 15 is 0 Å². The molecule has 9 heterocycles. The SMILES string of the molecule is Brc1csc(Br)n1.CC(=O)N1c2ccc(-c3csc(N4CC(O)C4)n3)c(OC3CCC3)c2CC[C@@H]1C.CC(=O)N1c2ccc(B3OC(C)(C)C(C)(C)O3)c(OC3CCC3)c2CC[C@@H]1C.CC(Cl)Cl.Cl.OC1CN(c2nc(Br)cs2)C1.OC1CNC1. The molecule has 0 unspecified atom stereocenters. The predicted molar refractivity (Wildman–Crippen MR) is 359 cm³/mol. The number of aliphatic hydroxyl groups is 3. The molecule has 6 fully saturated rings. The average molecular weight is 1490 g/mol. The number of amides is 2. The number of nitrogens with one attached hydrogen (secondary N) is 1. The van der Waals surface area contributed by atoms with E-state index in [0.717, 1.165) is 152 Å². The van der Waals surface area contributed by atoms with E-state index in [-0.39, 0.29) is 71.7 Å². The van der Waals surface area contributed by atoms with Crippen molar-refractivity contribution < 1.29 is 43.7 Å². The van der Waals surface area contributed by atoms with E-state index < -0.39 is 18.3 Å². The van der Waals surface area contributed by atoms with Crippen molar-refractivity contribution in [1.29, 1.82) is 0 Å². The van der Waals surface area contributed by atoms with Gasteiger partial charge in [0, 0.05) is 103 Å². The minimum atomic E-state index is -0.462. The highest BCUT2D eigenvalue weighted by atomic mass is 79.9. The zero-order valence-corrected chi connectivity index (χ0v) is 59.0. The number of hydrogen-bond acceptors (Lipinski definition) is 18. The van der Waals surface area contributed by atoms with Crippen molar-refractivity contribution in [3.63, 3.8) is 0 Å². The van der Waals surface area contributed by atoms with Crippen LogP contribution in [0.4, 0.5) is 21.6 Å². The number of benzene rings is 2. The molecule has 17 nitrogen and oxygen atoms in total. The molecule has 0 spiro atoms. The topological polar surface area (TPSA) is 195 Å². The van der Waals surface area contributed by atoms with Gasteiger partial charge in [-0.05, 0) is 179 Å². The van der Waals surface area contributed by atoms with Crippen LogP contribution in [0, 0.1) is 0 Å². The lowest BCUT2D eigenvalue weighted by Crippen LogP contribution is -2.50. The lowest BCUT2D eigenvalue weighted by atomic mass is 9.75. The van der Waals surface area contributed by atoms with Gasteiger partial charge in [-0.3, -0.25) is 9.59 Å². The Kier molecular flexibility index (Phi) is 25.6. The Bertz CT molecular complexity index is 2980. The van der Waals surface area contributed by atoms with E-state index in [4.69, 9.17) is 57.2 Å². The molecule has 8 aliphatic rings. The van der Waals surface area contributed by atoms with Crippen molar-refractivity contribution in [2.24, 2.45) is 0 Å². The first-order valence-electron chi connectivity index (χ1n) is 28.8. The normalized spacial score (nSPS) is 21.2. The molecule has 0 bridgehead atoms. The van der Waals surface area contributed by atoms with Gasteiger partial charge in [-0.15, -0.1) is 69.6 Å². The van der Waals surface area contributed by atoms with Crippen LogP contribution in [0.3, 0.4) is 0 Å². The van der Waals surface area contributed by atoms with Crippen molar-refractivity contribution in [1.82, 2.24) is 20.3 Å². The Morgan fingerprint density at radius 1 is 0.682 bits per heavy atom. The van der Waals surface area contributed by atoms with Crippen LogP contribution in [-0.2, 0) is 31.7 Å². The summed E-state index contributed by atoms with van der Waals surface area (Å²) in [4.78, 5) is 45.4. The number of anilines is 4. The quantitative estimate of drug-likeness (QED) is 0.0845. The zero-order chi connectivity index (χ0) is 60.8. The monoisotopic (exact) mass is 1480 g/mol. The Morgan fingerprint density at radius 2 is 1.12 bits per heavy atom. The van der Waals surface area contributed by atoms with Gasteiger partial charge in [0.1, 0.15) is 25.5 Å². The summed E-state index contributed by atoms with van der Waals surface area (Å²) in [5.41, 5.74) is 6.28. The Morgan fingerprint density at radius 3 is 1.49 bits per heavy atom. The molecule has 2 saturated carbocycles. The third-order valence-electron chi connectivity index (χ3n) is 16.1. The summed E-state index contributed by atoms with van der Waals surface area (Å²) in [7, 11) is -0.462. The Labute approximate surface area is 554 Å². The smallest absolute Gasteiger partial charge is 0.490 e. The molecule has 3 aromatic heterocycles. The maximum absolute atomic E-state index is 12.3. The number of hydrogen-bond donors (Lipinski definition) is 4. The summed E-state index contributed by atoms with van der Waals surface area (Å²) in [5.74, 6) is 1.93. The van der Waals surface area contributed by atoms with Crippen LogP contribution in [0.2, 0.25) is 0 Å². The number of halogens is 6. The second kappa shape index (κ2) is 31.1. The molecule has 85 heavy (non-hydrogen) atoms. The van der Waals surface area contributed by atoms with Gasteiger partial charge in [-0.2, -0.15) is 0 Å². The second-order valence-corrected chi connectivity index (χ2v) is 30.2. The first-order chi connectivity index (χ1) is 39.8. The van der Waals surface area contributed by atoms with Gasteiger partial charge in [0.15, 0.2) is 14.2 Å². The number of rotatable bonds is 8. The largest absolute Gasteiger partial charge is 0.498 e. The highest BCUT2D eigenvalue weighted by Crippen LogP contribution is 2.46. The minimum Gasteiger partial charge on any atom is -0.490 e. The van der Waals surface area contributed by atoms with Gasteiger partial charge in [0.2, 0.25) is 11.8 Å². The highest BCUT2D eigenvalue weighted by Gasteiger charge is 2.53. The molecule has 468 valence electrons. The van der Waals surface area contributed by atoms with Crippen LogP contribution in [-0.4, -0.2) is 147 Å². The van der Waals surface area contributed by atoms with E-state index in [2.05, 4.69) is 132 Å². The lowest BCUT2D eigenvalue weighted by Gasteiger charge is -2.37. The maximum Gasteiger partial charge on any atom is 0.498 e. The fourth-order valence-corrected chi connectivity index (χ4v) is 14.0. The summed E-state index contributed by atoms with van der Waals surface area (Å²) in [6.07, 6.45) is 10.5. The fourth-order valence-electron chi connectivity index (χ4n) is 10.2. The number of ether oxygens (including phenoxy) is 2. The van der Waals surface area contributed by atoms with Crippen molar-refractivity contribution in [3.05, 3.63) is 64.7 Å². The van der Waals surface area contributed by atoms with E-state index in [1.54, 1.807) is 54.8 Å². The van der Waals surface area contributed by atoms with Crippen LogP contribution in [0.25, 0.3) is 11.3 Å². The highest BCUT2D eigenvalue weighted by molar-refractivity contribution is 9.11. The van der Waals surface area contributed by atoms with Crippen LogP contribution >= 0.6 is 117 Å². The van der Waals surface area contributed by atoms with Gasteiger partial charge in [-0.25, -0.2) is 15.0 Å². The zero-order valence-electron chi connectivity index (χ0n) is 49.5. The Balaban J connectivity index is 0.000000169. The summed E-state index contributed by atoms with van der Waals surface area (Å²) in [6.45, 7) is 21.8. The van der Waals surface area contributed by atoms with Gasteiger partial charge >= 0.3 is 7.12 Å².